The fraction of sp³-hybridized carbons (Fsp3) is 0.533. The Morgan fingerprint density at radius 3 is 2.32 bits per heavy atom. The van der Waals surface area contributed by atoms with E-state index in [1.807, 2.05) is 0 Å². The summed E-state index contributed by atoms with van der Waals surface area (Å²) in [6.07, 6.45) is 1.69. The standard InChI is InChI=1S/C15H16F2O4S/c1-21-13-7-9(6-12(16)14(13)17)15(18)8-4-10-2-3-11(5-8)22(10,19)20/h6-8,10-11H,2-5H2,1H3. The minimum Gasteiger partial charge on any atom is -0.494 e. The molecule has 0 saturated carbocycles. The summed E-state index contributed by atoms with van der Waals surface area (Å²) in [6.45, 7) is 0. The quantitative estimate of drug-likeness (QED) is 0.799. The van der Waals surface area contributed by atoms with Crippen molar-refractivity contribution in [3.63, 3.8) is 0 Å². The molecular weight excluding hydrogens is 314 g/mol. The molecule has 2 unspecified atom stereocenters. The Bertz CT molecular complexity index is 709. The van der Waals surface area contributed by atoms with Crippen LogP contribution in [0.25, 0.3) is 0 Å². The Balaban J connectivity index is 1.88. The van der Waals surface area contributed by atoms with Crippen LogP contribution in [0.5, 0.6) is 5.75 Å². The Morgan fingerprint density at radius 1 is 1.18 bits per heavy atom. The number of benzene rings is 1. The van der Waals surface area contributed by atoms with E-state index in [-0.39, 0.29) is 29.9 Å². The van der Waals surface area contributed by atoms with E-state index in [0.29, 0.717) is 12.8 Å². The molecule has 2 fully saturated rings. The van der Waals surface area contributed by atoms with Crippen LogP contribution in [-0.2, 0) is 9.84 Å². The van der Waals surface area contributed by atoms with Crippen LogP contribution >= 0.6 is 0 Å². The van der Waals surface area contributed by atoms with Crippen LogP contribution in [0.3, 0.4) is 0 Å². The van der Waals surface area contributed by atoms with E-state index in [1.165, 1.54) is 13.2 Å². The van der Waals surface area contributed by atoms with Gasteiger partial charge in [0.2, 0.25) is 5.82 Å². The number of hydrogen-bond donors (Lipinski definition) is 0. The first-order chi connectivity index (χ1) is 10.3. The maximum absolute atomic E-state index is 13.5. The predicted octanol–water partition coefficient (Wildman–Crippen LogP) is 2.51. The molecule has 1 aromatic rings. The van der Waals surface area contributed by atoms with E-state index in [2.05, 4.69) is 0 Å². The molecule has 0 N–H and O–H groups in total. The van der Waals surface area contributed by atoms with Crippen molar-refractivity contribution in [3.8, 4) is 5.75 Å². The third kappa shape index (κ3) is 2.31. The van der Waals surface area contributed by atoms with Gasteiger partial charge >= 0.3 is 0 Å². The number of fused-ring (bicyclic) bond motifs is 2. The van der Waals surface area contributed by atoms with Gasteiger partial charge in [0.1, 0.15) is 0 Å². The Kier molecular flexibility index (Phi) is 3.71. The number of Topliss-reactive ketones (excluding diaryl/α,β-unsaturated/α-hetero) is 1. The first kappa shape index (κ1) is 15.4. The number of hydrogen-bond acceptors (Lipinski definition) is 4. The summed E-state index contributed by atoms with van der Waals surface area (Å²) in [7, 11) is -1.92. The molecule has 0 amide bonds. The van der Waals surface area contributed by atoms with Crippen molar-refractivity contribution in [1.29, 1.82) is 0 Å². The topological polar surface area (TPSA) is 60.4 Å². The zero-order valence-corrected chi connectivity index (χ0v) is 12.8. The molecule has 2 bridgehead atoms. The second-order valence-corrected chi connectivity index (χ2v) is 8.43. The molecule has 0 aromatic heterocycles. The highest BCUT2D eigenvalue weighted by Gasteiger charge is 2.48. The number of carbonyl (C=O) groups excluding carboxylic acids is 1. The van der Waals surface area contributed by atoms with E-state index >= 15 is 0 Å². The van der Waals surface area contributed by atoms with Crippen molar-refractivity contribution in [2.24, 2.45) is 5.92 Å². The van der Waals surface area contributed by atoms with Crippen LogP contribution in [0, 0.1) is 17.6 Å². The third-order valence-corrected chi connectivity index (χ3v) is 7.42. The van der Waals surface area contributed by atoms with Crippen LogP contribution < -0.4 is 4.74 Å². The maximum Gasteiger partial charge on any atom is 0.200 e. The molecule has 2 heterocycles. The lowest BCUT2D eigenvalue weighted by Crippen LogP contribution is -2.36. The first-order valence-electron chi connectivity index (χ1n) is 7.14. The highest BCUT2D eigenvalue weighted by atomic mass is 32.2. The summed E-state index contributed by atoms with van der Waals surface area (Å²) in [5.41, 5.74) is 0.0273. The van der Waals surface area contributed by atoms with Crippen LogP contribution in [0.1, 0.15) is 36.0 Å². The van der Waals surface area contributed by atoms with Crippen LogP contribution in [0.2, 0.25) is 0 Å². The number of ketones is 1. The Morgan fingerprint density at radius 2 is 1.77 bits per heavy atom. The van der Waals surface area contributed by atoms with Gasteiger partial charge in [-0.1, -0.05) is 0 Å². The monoisotopic (exact) mass is 330 g/mol. The van der Waals surface area contributed by atoms with Gasteiger partial charge < -0.3 is 4.74 Å². The van der Waals surface area contributed by atoms with Gasteiger partial charge in [-0.25, -0.2) is 12.8 Å². The summed E-state index contributed by atoms with van der Waals surface area (Å²) >= 11 is 0. The molecule has 2 aliphatic heterocycles. The number of rotatable bonds is 3. The minimum absolute atomic E-state index is 0.0273. The molecule has 1 aromatic carbocycles. The van der Waals surface area contributed by atoms with Gasteiger partial charge in [0, 0.05) is 11.5 Å². The zero-order valence-electron chi connectivity index (χ0n) is 12.0. The van der Waals surface area contributed by atoms with Crippen molar-refractivity contribution in [1.82, 2.24) is 0 Å². The van der Waals surface area contributed by atoms with Gasteiger partial charge in [-0.05, 0) is 37.8 Å². The first-order valence-corrected chi connectivity index (χ1v) is 8.75. The molecule has 0 aliphatic carbocycles. The molecular formula is C15H16F2O4S. The van der Waals surface area contributed by atoms with Crippen molar-refractivity contribution < 1.29 is 26.7 Å². The second kappa shape index (κ2) is 5.30. The van der Waals surface area contributed by atoms with E-state index in [1.54, 1.807) is 0 Å². The average Bonchev–Trinajstić information content (AvgIpc) is 2.69. The molecule has 0 radical (unpaired) electrons. The number of ether oxygens (including phenoxy) is 1. The molecule has 3 rings (SSSR count). The van der Waals surface area contributed by atoms with Gasteiger partial charge in [-0.15, -0.1) is 0 Å². The highest BCUT2D eigenvalue weighted by Crippen LogP contribution is 2.42. The fourth-order valence-corrected chi connectivity index (χ4v) is 5.99. The fourth-order valence-electron chi connectivity index (χ4n) is 3.51. The van der Waals surface area contributed by atoms with E-state index in [9.17, 15) is 22.0 Å². The summed E-state index contributed by atoms with van der Waals surface area (Å²) < 4.78 is 55.8. The van der Waals surface area contributed by atoms with Gasteiger partial charge in [0.05, 0.1) is 17.6 Å². The number of sulfone groups is 1. The number of methoxy groups -OCH3 is 1. The van der Waals surface area contributed by atoms with Crippen LogP contribution in [-0.4, -0.2) is 31.8 Å². The van der Waals surface area contributed by atoms with Gasteiger partial charge in [-0.3, -0.25) is 4.79 Å². The maximum atomic E-state index is 13.5. The molecule has 120 valence electrons. The lowest BCUT2D eigenvalue weighted by atomic mass is 9.90. The lowest BCUT2D eigenvalue weighted by molar-refractivity contribution is 0.0904. The second-order valence-electron chi connectivity index (χ2n) is 5.92. The number of carbonyl (C=O) groups is 1. The molecule has 0 spiro atoms. The third-order valence-electron chi connectivity index (χ3n) is 4.70. The molecule has 2 atom stereocenters. The average molecular weight is 330 g/mol. The van der Waals surface area contributed by atoms with Crippen LogP contribution in [0.4, 0.5) is 8.78 Å². The van der Waals surface area contributed by atoms with E-state index in [4.69, 9.17) is 4.74 Å². The number of halogens is 2. The van der Waals surface area contributed by atoms with Crippen molar-refractivity contribution in [2.45, 2.75) is 36.2 Å². The minimum atomic E-state index is -3.12. The summed E-state index contributed by atoms with van der Waals surface area (Å²) in [5.74, 6) is -3.41. The van der Waals surface area contributed by atoms with Gasteiger partial charge in [0.15, 0.2) is 27.2 Å². The predicted molar refractivity (Wildman–Crippen MR) is 75.7 cm³/mol. The summed E-state index contributed by atoms with van der Waals surface area (Å²) in [4.78, 5) is 12.5. The smallest absolute Gasteiger partial charge is 0.200 e. The van der Waals surface area contributed by atoms with E-state index < -0.39 is 37.9 Å². The van der Waals surface area contributed by atoms with Crippen molar-refractivity contribution in [3.05, 3.63) is 29.3 Å². The normalized spacial score (nSPS) is 29.3. The Labute approximate surface area is 127 Å². The van der Waals surface area contributed by atoms with E-state index in [0.717, 1.165) is 6.07 Å². The van der Waals surface area contributed by atoms with Crippen LogP contribution in [0.15, 0.2) is 12.1 Å². The molecule has 2 saturated heterocycles. The summed E-state index contributed by atoms with van der Waals surface area (Å²) in [6, 6.07) is 2.02. The molecule has 22 heavy (non-hydrogen) atoms. The molecule has 7 heteroatoms. The molecule has 2 aliphatic rings. The Hall–Kier alpha value is -1.50. The van der Waals surface area contributed by atoms with Crippen molar-refractivity contribution in [2.75, 3.05) is 7.11 Å². The van der Waals surface area contributed by atoms with Gasteiger partial charge in [-0.2, -0.15) is 4.39 Å². The molecule has 4 nitrogen and oxygen atoms in total. The zero-order chi connectivity index (χ0) is 16.1. The SMILES string of the molecule is COc1cc(C(=O)C2CC3CCC(C2)S3(=O)=O)cc(F)c1F. The van der Waals surface area contributed by atoms with Gasteiger partial charge in [0.25, 0.3) is 0 Å². The highest BCUT2D eigenvalue weighted by molar-refractivity contribution is 7.93. The largest absolute Gasteiger partial charge is 0.494 e. The lowest BCUT2D eigenvalue weighted by Gasteiger charge is -2.27. The summed E-state index contributed by atoms with van der Waals surface area (Å²) in [5, 5.41) is -0.959. The van der Waals surface area contributed by atoms with Crippen molar-refractivity contribution >= 4 is 15.6 Å².